The molecule has 0 aliphatic carbocycles. The molecule has 1 saturated heterocycles. The number of nitrogens with one attached hydrogen (secondary N) is 2. The number of aromatic nitrogens is 3. The second-order valence-corrected chi connectivity index (χ2v) is 9.59. The van der Waals surface area contributed by atoms with Crippen molar-refractivity contribution in [3.8, 4) is 11.5 Å². The number of pyridine rings is 1. The zero-order valence-electron chi connectivity index (χ0n) is 21.9. The highest BCUT2D eigenvalue weighted by Crippen LogP contribution is 2.34. The average Bonchev–Trinajstić information content (AvgIpc) is 3.48. The van der Waals surface area contributed by atoms with Crippen LogP contribution in [0.25, 0.3) is 11.0 Å². The molecule has 0 bridgehead atoms. The van der Waals surface area contributed by atoms with Crippen LogP contribution < -0.4 is 21.3 Å². The Morgan fingerprint density at radius 1 is 1.15 bits per heavy atom. The number of ether oxygens (including phenoxy) is 1. The number of hydrogen-bond acceptors (Lipinski definition) is 8. The summed E-state index contributed by atoms with van der Waals surface area (Å²) in [5.41, 5.74) is -0.238. The van der Waals surface area contributed by atoms with Gasteiger partial charge in [0.05, 0.1) is 35.4 Å². The van der Waals surface area contributed by atoms with Gasteiger partial charge in [0, 0.05) is 31.4 Å². The maximum absolute atomic E-state index is 14.3. The molecule has 14 heteroatoms. The molecule has 41 heavy (non-hydrogen) atoms. The van der Waals surface area contributed by atoms with Crippen LogP contribution in [0.1, 0.15) is 18.4 Å². The molecular weight excluding hydrogens is 546 g/mol. The number of imidazole rings is 1. The van der Waals surface area contributed by atoms with Gasteiger partial charge in [-0.3, -0.25) is 9.69 Å². The molecule has 1 amide bonds. The Labute approximate surface area is 232 Å². The molecule has 10 nitrogen and oxygen atoms in total. The monoisotopic (exact) mass is 573 g/mol. The van der Waals surface area contributed by atoms with Gasteiger partial charge in [0.15, 0.2) is 0 Å². The number of nitrogens with two attached hydrogens (primary N) is 1. The number of anilines is 3. The quantitative estimate of drug-likeness (QED) is 0.190. The van der Waals surface area contributed by atoms with Gasteiger partial charge in [-0.2, -0.15) is 13.2 Å². The number of nitrogens with zero attached hydrogens (tertiary/aromatic N) is 4. The van der Waals surface area contributed by atoms with Gasteiger partial charge < -0.3 is 24.8 Å². The topological polar surface area (TPSA) is 120 Å². The highest BCUT2D eigenvalue weighted by Gasteiger charge is 2.31. The third-order valence-electron chi connectivity index (χ3n) is 6.76. The second-order valence-electron chi connectivity index (χ2n) is 9.59. The van der Waals surface area contributed by atoms with Crippen molar-refractivity contribution in [3.05, 3.63) is 66.1 Å². The van der Waals surface area contributed by atoms with Crippen molar-refractivity contribution in [2.24, 2.45) is 12.9 Å². The van der Waals surface area contributed by atoms with E-state index >= 15 is 0 Å². The Morgan fingerprint density at radius 2 is 1.95 bits per heavy atom. The van der Waals surface area contributed by atoms with Gasteiger partial charge in [0.1, 0.15) is 23.1 Å². The lowest BCUT2D eigenvalue weighted by molar-refractivity contribution is -0.137. The van der Waals surface area contributed by atoms with E-state index in [9.17, 15) is 22.4 Å². The number of halogens is 4. The first kappa shape index (κ1) is 28.3. The SMILES string of the molecule is Cn1c(Nc2cc(C(F)(F)F)ccc2F)nc2cc(Oc3ccnc(NC(=O)CN4CCC[C@H]4CON)c3)ccc21. The molecule has 0 radical (unpaired) electrons. The van der Waals surface area contributed by atoms with E-state index in [4.69, 9.17) is 15.5 Å². The Morgan fingerprint density at radius 3 is 2.73 bits per heavy atom. The zero-order chi connectivity index (χ0) is 29.1. The smallest absolute Gasteiger partial charge is 0.416 e. The molecule has 2 aromatic carbocycles. The van der Waals surface area contributed by atoms with Gasteiger partial charge in [0.25, 0.3) is 0 Å². The van der Waals surface area contributed by atoms with Crippen molar-refractivity contribution in [3.63, 3.8) is 0 Å². The first-order valence-electron chi connectivity index (χ1n) is 12.7. The predicted molar refractivity (Wildman–Crippen MR) is 143 cm³/mol. The number of rotatable bonds is 9. The minimum atomic E-state index is -4.62. The van der Waals surface area contributed by atoms with E-state index in [2.05, 4.69) is 20.6 Å². The van der Waals surface area contributed by atoms with Gasteiger partial charge in [-0.15, -0.1) is 0 Å². The van der Waals surface area contributed by atoms with E-state index in [0.717, 1.165) is 25.5 Å². The maximum atomic E-state index is 14.3. The molecule has 4 N–H and O–H groups in total. The van der Waals surface area contributed by atoms with E-state index in [1.807, 2.05) is 4.90 Å². The van der Waals surface area contributed by atoms with Crippen molar-refractivity contribution < 1.29 is 31.9 Å². The summed E-state index contributed by atoms with van der Waals surface area (Å²) in [6.07, 6.45) is -1.25. The van der Waals surface area contributed by atoms with Crippen LogP contribution >= 0.6 is 0 Å². The number of hydrogen-bond donors (Lipinski definition) is 3. The van der Waals surface area contributed by atoms with E-state index in [-0.39, 0.29) is 30.1 Å². The zero-order valence-corrected chi connectivity index (χ0v) is 21.9. The van der Waals surface area contributed by atoms with E-state index in [0.29, 0.717) is 47.1 Å². The van der Waals surface area contributed by atoms with Crippen LogP contribution in [0.5, 0.6) is 11.5 Å². The molecule has 1 aliphatic heterocycles. The number of carbonyl (C=O) groups is 1. The second kappa shape index (κ2) is 11.7. The van der Waals surface area contributed by atoms with Crippen molar-refractivity contribution in [2.45, 2.75) is 25.1 Å². The Hall–Kier alpha value is -4.27. The average molecular weight is 574 g/mol. The van der Waals surface area contributed by atoms with Crippen molar-refractivity contribution in [1.29, 1.82) is 0 Å². The summed E-state index contributed by atoms with van der Waals surface area (Å²) in [6.45, 7) is 1.31. The highest BCUT2D eigenvalue weighted by molar-refractivity contribution is 5.91. The number of benzene rings is 2. The number of likely N-dealkylation sites (tertiary alicyclic amines) is 1. The standard InChI is InChI=1S/C27H27F4N7O3/c1-37-23-7-5-18(12-22(23)35-26(37)34-21-11-16(27(29,30)31)4-6-20(21)28)41-19-8-9-33-24(13-19)36-25(39)14-38-10-2-3-17(38)15-40-32/h4-9,11-13,17H,2-3,10,14-15,32H2,1H3,(H,34,35)(H,33,36,39)/t17-/m0/s1. The minimum Gasteiger partial charge on any atom is -0.457 e. The summed E-state index contributed by atoms with van der Waals surface area (Å²) in [4.78, 5) is 27.9. The predicted octanol–water partition coefficient (Wildman–Crippen LogP) is 4.96. The molecule has 2 aromatic heterocycles. The number of carbonyl (C=O) groups excluding carboxylic acids is 1. The lowest BCUT2D eigenvalue weighted by atomic mass is 10.2. The van der Waals surface area contributed by atoms with E-state index in [1.165, 1.54) is 6.20 Å². The summed E-state index contributed by atoms with van der Waals surface area (Å²) in [5.74, 6) is 5.39. The fourth-order valence-electron chi connectivity index (χ4n) is 4.72. The molecule has 216 valence electrons. The third kappa shape index (κ3) is 6.56. The molecule has 5 rings (SSSR count). The fourth-order valence-corrected chi connectivity index (χ4v) is 4.72. The van der Waals surface area contributed by atoms with Crippen molar-refractivity contribution in [1.82, 2.24) is 19.4 Å². The molecule has 1 atom stereocenters. The summed E-state index contributed by atoms with van der Waals surface area (Å²) in [7, 11) is 1.65. The molecule has 0 saturated carbocycles. The number of amides is 1. The Kier molecular flexibility index (Phi) is 8.06. The van der Waals surface area contributed by atoms with Crippen LogP contribution in [-0.4, -0.2) is 51.1 Å². The van der Waals surface area contributed by atoms with E-state index < -0.39 is 17.6 Å². The molecule has 4 aromatic rings. The molecule has 1 fully saturated rings. The Balaban J connectivity index is 1.28. The van der Waals surface area contributed by atoms with Crippen LogP contribution in [0.15, 0.2) is 54.7 Å². The molecule has 3 heterocycles. The number of alkyl halides is 3. The molecular formula is C27H27F4N7O3. The summed E-state index contributed by atoms with van der Waals surface area (Å²) in [6, 6.07) is 10.5. The Bertz CT molecular complexity index is 1560. The van der Waals surface area contributed by atoms with Crippen LogP contribution in [0.3, 0.4) is 0 Å². The third-order valence-corrected chi connectivity index (χ3v) is 6.76. The fraction of sp³-hybridized carbons (Fsp3) is 0.296. The molecule has 1 aliphatic rings. The minimum absolute atomic E-state index is 0.0923. The molecule has 0 unspecified atom stereocenters. The summed E-state index contributed by atoms with van der Waals surface area (Å²) in [5, 5.41) is 5.41. The van der Waals surface area contributed by atoms with Crippen LogP contribution in [-0.2, 0) is 22.9 Å². The van der Waals surface area contributed by atoms with Crippen molar-refractivity contribution >= 4 is 34.4 Å². The van der Waals surface area contributed by atoms with Gasteiger partial charge in [0.2, 0.25) is 11.9 Å². The normalized spacial score (nSPS) is 15.8. The maximum Gasteiger partial charge on any atom is 0.416 e. The first-order chi connectivity index (χ1) is 19.6. The van der Waals surface area contributed by atoms with Crippen molar-refractivity contribution in [2.75, 3.05) is 30.3 Å². The summed E-state index contributed by atoms with van der Waals surface area (Å²) < 4.78 is 61.1. The van der Waals surface area contributed by atoms with Crippen LogP contribution in [0, 0.1) is 5.82 Å². The summed E-state index contributed by atoms with van der Waals surface area (Å²) >= 11 is 0. The lowest BCUT2D eigenvalue weighted by Gasteiger charge is -2.22. The van der Waals surface area contributed by atoms with Crippen LogP contribution in [0.2, 0.25) is 0 Å². The van der Waals surface area contributed by atoms with Gasteiger partial charge in [-0.05, 0) is 55.8 Å². The van der Waals surface area contributed by atoms with Gasteiger partial charge in [-0.1, -0.05) is 0 Å². The largest absolute Gasteiger partial charge is 0.457 e. The lowest BCUT2D eigenvalue weighted by Crippen LogP contribution is -2.39. The number of fused-ring (bicyclic) bond motifs is 1. The van der Waals surface area contributed by atoms with E-state index in [1.54, 1.807) is 41.9 Å². The van der Waals surface area contributed by atoms with Crippen LogP contribution in [0.4, 0.5) is 35.0 Å². The number of aryl methyl sites for hydroxylation is 1. The van der Waals surface area contributed by atoms with Gasteiger partial charge >= 0.3 is 6.18 Å². The highest BCUT2D eigenvalue weighted by atomic mass is 19.4. The van der Waals surface area contributed by atoms with Gasteiger partial charge in [-0.25, -0.2) is 20.3 Å². The first-order valence-corrected chi connectivity index (χ1v) is 12.7. The molecule has 0 spiro atoms.